The maximum Gasteiger partial charge on any atom is 0.326 e. The Bertz CT molecular complexity index is 2000. The number of rotatable bonds is 16. The second-order valence-corrected chi connectivity index (χ2v) is 14.3. The lowest BCUT2D eigenvalue weighted by atomic mass is 9.96. The molecule has 11 nitrogen and oxygen atoms in total. The van der Waals surface area contributed by atoms with Gasteiger partial charge in [0.25, 0.3) is 0 Å². The summed E-state index contributed by atoms with van der Waals surface area (Å²) in [5.74, 6) is -0.733. The SMILES string of the molecule is C[C@@](CO)(NCc1cc(Cl)c(O[C@H]2CCc3c(-c4cccc(OCCCN5CCC(O)CC5)c4F)cccc32)cc1OCc1cncc(C#N)c1)C(=O)O. The zero-order chi connectivity index (χ0) is 38.2. The number of carboxylic acid groups (broad SMARTS) is 1. The number of piperidine rings is 1. The van der Waals surface area contributed by atoms with Gasteiger partial charge in [0, 0.05) is 61.3 Å². The van der Waals surface area contributed by atoms with Crippen molar-refractivity contribution in [2.45, 2.75) is 69.9 Å². The van der Waals surface area contributed by atoms with Gasteiger partial charge in [0.05, 0.1) is 29.9 Å². The highest BCUT2D eigenvalue weighted by atomic mass is 35.5. The number of ether oxygens (including phenoxy) is 3. The molecule has 1 saturated heterocycles. The van der Waals surface area contributed by atoms with Gasteiger partial charge in [-0.2, -0.15) is 5.26 Å². The van der Waals surface area contributed by atoms with Crippen LogP contribution in [0.5, 0.6) is 17.2 Å². The molecular weight excluding hydrogens is 715 g/mol. The van der Waals surface area contributed by atoms with Crippen LogP contribution in [0.25, 0.3) is 11.1 Å². The van der Waals surface area contributed by atoms with Crippen LogP contribution in [-0.2, 0) is 24.4 Å². The maximum absolute atomic E-state index is 16.0. The molecule has 2 aliphatic rings. The first-order valence-electron chi connectivity index (χ1n) is 18.1. The number of pyridine rings is 1. The van der Waals surface area contributed by atoms with E-state index in [2.05, 4.69) is 21.3 Å². The summed E-state index contributed by atoms with van der Waals surface area (Å²) in [6.45, 7) is 3.72. The highest BCUT2D eigenvalue weighted by molar-refractivity contribution is 6.32. The highest BCUT2D eigenvalue weighted by Crippen LogP contribution is 2.44. The lowest BCUT2D eigenvalue weighted by Gasteiger charge is -2.29. The highest BCUT2D eigenvalue weighted by Gasteiger charge is 2.33. The van der Waals surface area contributed by atoms with E-state index in [1.165, 1.54) is 13.1 Å². The molecule has 54 heavy (non-hydrogen) atoms. The van der Waals surface area contributed by atoms with Gasteiger partial charge in [-0.25, -0.2) is 4.39 Å². The van der Waals surface area contributed by atoms with Gasteiger partial charge in [0.2, 0.25) is 0 Å². The van der Waals surface area contributed by atoms with Crippen molar-refractivity contribution in [1.29, 1.82) is 5.26 Å². The van der Waals surface area contributed by atoms with Crippen LogP contribution >= 0.6 is 11.6 Å². The standard InChI is InChI=1S/C41H44ClFN4O7/c1-41(25-48,40(50)51)46-23-28-18-34(42)38(19-37(28)53-24-27-17-26(20-44)21-45-22-27)54-35-10-9-31-30(5-2-6-32(31)35)33-7-3-8-36(39(33)43)52-16-4-13-47-14-11-29(49)12-15-47/h2-3,5-8,17-19,21-22,29,35,46,48-49H,4,9-16,23-25H2,1H3,(H,50,51)/t35-,41-/m0/s1. The minimum absolute atomic E-state index is 0.00258. The Labute approximate surface area is 318 Å². The summed E-state index contributed by atoms with van der Waals surface area (Å²) in [6, 6.07) is 18.0. The molecule has 6 rings (SSSR count). The van der Waals surface area contributed by atoms with E-state index in [0.717, 1.165) is 55.6 Å². The van der Waals surface area contributed by atoms with Gasteiger partial charge < -0.3 is 34.4 Å². The van der Waals surface area contributed by atoms with Crippen molar-refractivity contribution in [3.05, 3.63) is 106 Å². The number of likely N-dealkylation sites (tertiary alicyclic amines) is 1. The predicted octanol–water partition coefficient (Wildman–Crippen LogP) is 6.21. The molecule has 1 aliphatic heterocycles. The Morgan fingerprint density at radius 1 is 1.07 bits per heavy atom. The second-order valence-electron chi connectivity index (χ2n) is 13.9. The molecule has 0 saturated carbocycles. The Kier molecular flexibility index (Phi) is 12.7. The van der Waals surface area contributed by atoms with E-state index < -0.39 is 30.0 Å². The first-order chi connectivity index (χ1) is 26.1. The second kappa shape index (κ2) is 17.6. The molecule has 2 atom stereocenters. The quantitative estimate of drug-likeness (QED) is 0.0964. The Hall–Kier alpha value is -4.77. The van der Waals surface area contributed by atoms with Crippen molar-refractivity contribution >= 4 is 17.6 Å². The summed E-state index contributed by atoms with van der Waals surface area (Å²) in [7, 11) is 0. The molecule has 4 N–H and O–H groups in total. The van der Waals surface area contributed by atoms with Gasteiger partial charge >= 0.3 is 5.97 Å². The Morgan fingerprint density at radius 2 is 1.85 bits per heavy atom. The van der Waals surface area contributed by atoms with Gasteiger partial charge in [-0.1, -0.05) is 41.9 Å². The first-order valence-corrected chi connectivity index (χ1v) is 18.5. The Balaban J connectivity index is 1.19. The van der Waals surface area contributed by atoms with Crippen LogP contribution < -0.4 is 19.5 Å². The number of nitrogens with zero attached hydrogens (tertiary/aromatic N) is 3. The number of carboxylic acids is 1. The van der Waals surface area contributed by atoms with Gasteiger partial charge in [-0.3, -0.25) is 15.1 Å². The number of carbonyl (C=O) groups is 1. The number of halogens is 2. The van der Waals surface area contributed by atoms with Crippen molar-refractivity contribution in [3.63, 3.8) is 0 Å². The minimum Gasteiger partial charge on any atom is -0.490 e. The van der Waals surface area contributed by atoms with Crippen LogP contribution in [0.2, 0.25) is 5.02 Å². The van der Waals surface area contributed by atoms with Crippen LogP contribution in [0.1, 0.15) is 66.5 Å². The van der Waals surface area contributed by atoms with Crippen molar-refractivity contribution in [3.8, 4) is 34.4 Å². The van der Waals surface area contributed by atoms with E-state index in [0.29, 0.717) is 53.2 Å². The average molecular weight is 759 g/mol. The molecule has 13 heteroatoms. The zero-order valence-electron chi connectivity index (χ0n) is 30.1. The maximum atomic E-state index is 16.0. The number of aliphatic carboxylic acids is 1. The molecule has 0 bridgehead atoms. The zero-order valence-corrected chi connectivity index (χ0v) is 30.8. The fourth-order valence-electron chi connectivity index (χ4n) is 6.80. The number of benzene rings is 3. The van der Waals surface area contributed by atoms with Gasteiger partial charge in [-0.15, -0.1) is 0 Å². The summed E-state index contributed by atoms with van der Waals surface area (Å²) >= 11 is 6.78. The average Bonchev–Trinajstić information content (AvgIpc) is 3.60. The van der Waals surface area contributed by atoms with Crippen molar-refractivity contribution < 1.29 is 38.7 Å². The third-order valence-electron chi connectivity index (χ3n) is 10.1. The normalized spacial score (nSPS) is 17.0. The van der Waals surface area contributed by atoms with Gasteiger partial charge in [0.1, 0.15) is 35.8 Å². The topological polar surface area (TPSA) is 157 Å². The predicted molar refractivity (Wildman–Crippen MR) is 200 cm³/mol. The molecule has 0 amide bonds. The van der Waals surface area contributed by atoms with Crippen LogP contribution in [0, 0.1) is 17.1 Å². The van der Waals surface area contributed by atoms with E-state index >= 15 is 4.39 Å². The Morgan fingerprint density at radius 3 is 2.61 bits per heavy atom. The number of hydrogen-bond acceptors (Lipinski definition) is 10. The van der Waals surface area contributed by atoms with Gasteiger partial charge in [0.15, 0.2) is 11.6 Å². The van der Waals surface area contributed by atoms with Crippen LogP contribution in [-0.4, -0.2) is 75.7 Å². The van der Waals surface area contributed by atoms with E-state index in [1.54, 1.807) is 42.6 Å². The number of fused-ring (bicyclic) bond motifs is 1. The smallest absolute Gasteiger partial charge is 0.326 e. The number of aliphatic hydroxyl groups is 2. The molecule has 4 aromatic rings. The molecule has 1 fully saturated rings. The number of nitrogens with one attached hydrogen (secondary N) is 1. The number of aliphatic hydroxyl groups excluding tert-OH is 2. The van der Waals surface area contributed by atoms with E-state index in [4.69, 9.17) is 25.8 Å². The summed E-state index contributed by atoms with van der Waals surface area (Å²) in [5.41, 5.74) is 3.04. The third kappa shape index (κ3) is 9.12. The van der Waals surface area contributed by atoms with Gasteiger partial charge in [-0.05, 0) is 73.9 Å². The van der Waals surface area contributed by atoms with Crippen LogP contribution in [0.3, 0.4) is 0 Å². The van der Waals surface area contributed by atoms with Crippen molar-refractivity contribution in [2.75, 3.05) is 32.8 Å². The fraction of sp³-hybridized carbons (Fsp3) is 0.390. The molecule has 3 aromatic carbocycles. The lowest BCUT2D eigenvalue weighted by Crippen LogP contribution is -2.52. The monoisotopic (exact) mass is 758 g/mol. The minimum atomic E-state index is -1.61. The largest absolute Gasteiger partial charge is 0.490 e. The molecule has 0 radical (unpaired) electrons. The molecular formula is C41H44ClFN4O7. The van der Waals surface area contributed by atoms with E-state index in [1.807, 2.05) is 18.2 Å². The van der Waals surface area contributed by atoms with E-state index in [-0.39, 0.29) is 30.0 Å². The summed E-state index contributed by atoms with van der Waals surface area (Å²) in [6.07, 6.45) is 5.99. The summed E-state index contributed by atoms with van der Waals surface area (Å²) in [4.78, 5) is 18.2. The third-order valence-corrected chi connectivity index (χ3v) is 10.4. The van der Waals surface area contributed by atoms with Crippen molar-refractivity contribution in [1.82, 2.24) is 15.2 Å². The van der Waals surface area contributed by atoms with Crippen LogP contribution in [0.15, 0.2) is 67.0 Å². The van der Waals surface area contributed by atoms with Crippen molar-refractivity contribution in [2.24, 2.45) is 0 Å². The summed E-state index contributed by atoms with van der Waals surface area (Å²) < 4.78 is 34.6. The summed E-state index contributed by atoms with van der Waals surface area (Å²) in [5, 5.41) is 41.6. The number of hydrogen-bond donors (Lipinski definition) is 4. The fourth-order valence-corrected chi connectivity index (χ4v) is 7.04. The molecule has 1 aliphatic carbocycles. The molecule has 284 valence electrons. The first kappa shape index (κ1) is 38.9. The molecule has 0 unspecified atom stereocenters. The van der Waals surface area contributed by atoms with Crippen LogP contribution in [0.4, 0.5) is 4.39 Å². The number of nitriles is 1. The molecule has 0 spiro atoms. The lowest BCUT2D eigenvalue weighted by molar-refractivity contribution is -0.145. The molecule has 2 heterocycles. The molecule has 1 aromatic heterocycles. The number of aromatic nitrogens is 1. The van der Waals surface area contributed by atoms with E-state index in [9.17, 15) is 25.4 Å².